The number of nitrogens with two attached hydrogens (primary N) is 1. The van der Waals surface area contributed by atoms with Gasteiger partial charge in [-0.3, -0.25) is 0 Å². The van der Waals surface area contributed by atoms with E-state index in [4.69, 9.17) is 10.3 Å². The summed E-state index contributed by atoms with van der Waals surface area (Å²) in [5.41, 5.74) is 7.04. The third-order valence-corrected chi connectivity index (χ3v) is 3.74. The Balaban J connectivity index is 1.60. The van der Waals surface area contributed by atoms with Gasteiger partial charge >= 0.3 is 0 Å². The molecule has 1 aliphatic carbocycles. The van der Waals surface area contributed by atoms with E-state index in [0.717, 1.165) is 17.9 Å². The van der Waals surface area contributed by atoms with Gasteiger partial charge in [-0.25, -0.2) is 4.98 Å². The summed E-state index contributed by atoms with van der Waals surface area (Å²) in [6.45, 7) is 0. The summed E-state index contributed by atoms with van der Waals surface area (Å²) in [5, 5.41) is 4.04. The van der Waals surface area contributed by atoms with Crippen LogP contribution in [0.1, 0.15) is 49.1 Å². The van der Waals surface area contributed by atoms with Gasteiger partial charge in [-0.2, -0.15) is 4.98 Å². The first-order valence-corrected chi connectivity index (χ1v) is 6.86. The zero-order valence-electron chi connectivity index (χ0n) is 10.9. The second kappa shape index (κ2) is 5.52. The number of aromatic nitrogens is 4. The molecule has 19 heavy (non-hydrogen) atoms. The van der Waals surface area contributed by atoms with Crippen molar-refractivity contribution in [2.45, 2.75) is 44.6 Å². The average Bonchev–Trinajstić information content (AvgIpc) is 3.10. The van der Waals surface area contributed by atoms with Gasteiger partial charge in [0.1, 0.15) is 0 Å². The van der Waals surface area contributed by atoms with Gasteiger partial charge in [0.2, 0.25) is 5.89 Å². The fourth-order valence-electron chi connectivity index (χ4n) is 2.69. The van der Waals surface area contributed by atoms with Crippen LogP contribution in [-0.2, 0) is 12.8 Å². The second-order valence-electron chi connectivity index (χ2n) is 5.29. The van der Waals surface area contributed by atoms with Crippen molar-refractivity contribution in [2.24, 2.45) is 11.7 Å². The number of imidazole rings is 1. The van der Waals surface area contributed by atoms with Crippen molar-refractivity contribution in [3.63, 3.8) is 0 Å². The van der Waals surface area contributed by atoms with Crippen LogP contribution in [0.5, 0.6) is 0 Å². The minimum atomic E-state index is -0.273. The monoisotopic (exact) mass is 261 g/mol. The first-order valence-electron chi connectivity index (χ1n) is 6.86. The van der Waals surface area contributed by atoms with Gasteiger partial charge in [0, 0.05) is 24.7 Å². The van der Waals surface area contributed by atoms with Gasteiger partial charge in [0.15, 0.2) is 5.82 Å². The highest BCUT2D eigenvalue weighted by molar-refractivity contribution is 5.02. The zero-order chi connectivity index (χ0) is 13.1. The number of hydrogen-bond donors (Lipinski definition) is 2. The lowest BCUT2D eigenvalue weighted by atomic mass is 10.0. The van der Waals surface area contributed by atoms with Crippen LogP contribution in [0.3, 0.4) is 0 Å². The average molecular weight is 261 g/mol. The van der Waals surface area contributed by atoms with Gasteiger partial charge in [-0.1, -0.05) is 30.8 Å². The molecule has 1 aliphatic rings. The topological polar surface area (TPSA) is 93.6 Å². The predicted molar refractivity (Wildman–Crippen MR) is 69.2 cm³/mol. The maximum absolute atomic E-state index is 6.06. The van der Waals surface area contributed by atoms with E-state index in [1.54, 1.807) is 12.5 Å². The first-order chi connectivity index (χ1) is 9.31. The molecule has 0 bridgehead atoms. The van der Waals surface area contributed by atoms with Crippen molar-refractivity contribution >= 4 is 0 Å². The smallest absolute Gasteiger partial charge is 0.243 e. The van der Waals surface area contributed by atoms with Gasteiger partial charge in [0.05, 0.1) is 12.4 Å². The van der Waals surface area contributed by atoms with E-state index in [2.05, 4.69) is 20.1 Å². The van der Waals surface area contributed by atoms with Crippen LogP contribution in [0.4, 0.5) is 0 Å². The van der Waals surface area contributed by atoms with Crippen molar-refractivity contribution in [3.8, 4) is 0 Å². The van der Waals surface area contributed by atoms with Gasteiger partial charge < -0.3 is 15.2 Å². The van der Waals surface area contributed by atoms with E-state index in [1.807, 2.05) is 0 Å². The highest BCUT2D eigenvalue weighted by Gasteiger charge is 2.20. The molecule has 0 aromatic carbocycles. The molecule has 0 spiro atoms. The highest BCUT2D eigenvalue weighted by atomic mass is 16.5. The largest absolute Gasteiger partial charge is 0.348 e. The molecule has 3 N–H and O–H groups in total. The van der Waals surface area contributed by atoms with Crippen LogP contribution in [0.25, 0.3) is 0 Å². The molecule has 0 aliphatic heterocycles. The Hall–Kier alpha value is -1.69. The molecule has 2 heterocycles. The van der Waals surface area contributed by atoms with E-state index in [1.165, 1.54) is 25.7 Å². The molecule has 0 radical (unpaired) electrons. The summed E-state index contributed by atoms with van der Waals surface area (Å²) >= 11 is 0. The fourth-order valence-corrected chi connectivity index (χ4v) is 2.69. The molecule has 2 aromatic rings. The van der Waals surface area contributed by atoms with Crippen molar-refractivity contribution in [1.29, 1.82) is 0 Å². The molecule has 1 unspecified atom stereocenters. The lowest BCUT2D eigenvalue weighted by Gasteiger charge is -2.04. The number of aromatic amines is 1. The molecule has 1 saturated carbocycles. The Kier molecular flexibility index (Phi) is 3.59. The summed E-state index contributed by atoms with van der Waals surface area (Å²) in [7, 11) is 0. The van der Waals surface area contributed by atoms with Crippen LogP contribution >= 0.6 is 0 Å². The minimum absolute atomic E-state index is 0.273. The minimum Gasteiger partial charge on any atom is -0.348 e. The van der Waals surface area contributed by atoms with Crippen LogP contribution in [0.2, 0.25) is 0 Å². The lowest BCUT2D eigenvalue weighted by molar-refractivity contribution is 0.347. The molecule has 102 valence electrons. The Morgan fingerprint density at radius 1 is 1.42 bits per heavy atom. The number of H-pyrrole nitrogens is 1. The summed E-state index contributed by atoms with van der Waals surface area (Å²) < 4.78 is 5.27. The molecule has 2 aromatic heterocycles. The molecule has 6 heteroatoms. The summed E-state index contributed by atoms with van der Waals surface area (Å²) in [5.74, 6) is 2.03. The molecule has 0 amide bonds. The molecule has 0 saturated heterocycles. The van der Waals surface area contributed by atoms with Crippen LogP contribution in [0.15, 0.2) is 17.0 Å². The summed E-state index contributed by atoms with van der Waals surface area (Å²) in [6.07, 6.45) is 10.2. The highest BCUT2D eigenvalue weighted by Crippen LogP contribution is 2.27. The number of hydrogen-bond acceptors (Lipinski definition) is 5. The van der Waals surface area contributed by atoms with E-state index >= 15 is 0 Å². The van der Waals surface area contributed by atoms with Crippen LogP contribution in [0, 0.1) is 5.92 Å². The SMILES string of the molecule is NC(Cc1cnc[nH]1)c1nc(CC2CCCC2)no1. The third-order valence-electron chi connectivity index (χ3n) is 3.74. The maximum Gasteiger partial charge on any atom is 0.243 e. The normalized spacial score (nSPS) is 17.9. The van der Waals surface area contributed by atoms with Gasteiger partial charge in [0.25, 0.3) is 0 Å². The molecule has 1 fully saturated rings. The predicted octanol–water partition coefficient (Wildman–Crippen LogP) is 1.77. The van der Waals surface area contributed by atoms with Crippen molar-refractivity contribution in [1.82, 2.24) is 20.1 Å². The quantitative estimate of drug-likeness (QED) is 0.855. The Morgan fingerprint density at radius 2 is 2.26 bits per heavy atom. The Morgan fingerprint density at radius 3 is 3.00 bits per heavy atom. The maximum atomic E-state index is 6.06. The molecular formula is C13H19N5O. The van der Waals surface area contributed by atoms with E-state index in [9.17, 15) is 0 Å². The lowest BCUT2D eigenvalue weighted by Crippen LogP contribution is -2.14. The zero-order valence-corrected chi connectivity index (χ0v) is 10.9. The second-order valence-corrected chi connectivity index (χ2v) is 5.29. The Bertz CT molecular complexity index is 501. The first kappa shape index (κ1) is 12.3. The number of rotatable bonds is 5. The molecular weight excluding hydrogens is 242 g/mol. The van der Waals surface area contributed by atoms with Crippen LogP contribution in [-0.4, -0.2) is 20.1 Å². The van der Waals surface area contributed by atoms with E-state index < -0.39 is 0 Å². The molecule has 6 nitrogen and oxygen atoms in total. The Labute approximate surface area is 111 Å². The molecule has 1 atom stereocenters. The number of nitrogens with one attached hydrogen (secondary N) is 1. The summed E-state index contributed by atoms with van der Waals surface area (Å²) in [4.78, 5) is 11.4. The van der Waals surface area contributed by atoms with Crippen molar-refractivity contribution < 1.29 is 4.52 Å². The van der Waals surface area contributed by atoms with Crippen molar-refractivity contribution in [3.05, 3.63) is 29.9 Å². The third kappa shape index (κ3) is 3.01. The van der Waals surface area contributed by atoms with Gasteiger partial charge in [-0.15, -0.1) is 0 Å². The van der Waals surface area contributed by atoms with Crippen LogP contribution < -0.4 is 5.73 Å². The fraction of sp³-hybridized carbons (Fsp3) is 0.615. The summed E-state index contributed by atoms with van der Waals surface area (Å²) in [6, 6.07) is -0.273. The van der Waals surface area contributed by atoms with Gasteiger partial charge in [-0.05, 0) is 5.92 Å². The van der Waals surface area contributed by atoms with E-state index in [-0.39, 0.29) is 6.04 Å². The number of nitrogens with zero attached hydrogens (tertiary/aromatic N) is 3. The standard InChI is InChI=1S/C13H19N5O/c14-11(6-10-7-15-8-16-10)13-17-12(18-19-13)5-9-3-1-2-4-9/h7-9,11H,1-6,14H2,(H,15,16). The van der Waals surface area contributed by atoms with E-state index in [0.29, 0.717) is 18.2 Å². The van der Waals surface area contributed by atoms with Crippen molar-refractivity contribution in [2.75, 3.05) is 0 Å². The molecule has 3 rings (SSSR count).